The predicted molar refractivity (Wildman–Crippen MR) is 75.5 cm³/mol. The quantitative estimate of drug-likeness (QED) is 0.643. The van der Waals surface area contributed by atoms with Crippen molar-refractivity contribution in [2.75, 3.05) is 5.32 Å². The fourth-order valence-electron chi connectivity index (χ4n) is 1.86. The summed E-state index contributed by atoms with van der Waals surface area (Å²) in [5.74, 6) is -2.15. The molecule has 2 aromatic rings. The minimum atomic E-state index is -1.28. The lowest BCUT2D eigenvalue weighted by atomic mass is 10.1. The molecule has 4 N–H and O–H groups in total. The zero-order valence-electron chi connectivity index (χ0n) is 10.9. The van der Waals surface area contributed by atoms with E-state index in [0.29, 0.717) is 5.56 Å². The van der Waals surface area contributed by atoms with Crippen molar-refractivity contribution in [1.82, 2.24) is 0 Å². The SMILES string of the molecule is O=C(Cc1cccc(O)c1)Nc1cccc(C(=O)O)c1O. The fraction of sp³-hybridized carbons (Fsp3) is 0.0667. The Morgan fingerprint density at radius 3 is 2.43 bits per heavy atom. The van der Waals surface area contributed by atoms with Crippen LogP contribution in [0.5, 0.6) is 11.5 Å². The van der Waals surface area contributed by atoms with E-state index < -0.39 is 17.6 Å². The lowest BCUT2D eigenvalue weighted by molar-refractivity contribution is -0.115. The summed E-state index contributed by atoms with van der Waals surface area (Å²) in [5.41, 5.74) is 0.339. The van der Waals surface area contributed by atoms with E-state index in [9.17, 15) is 19.8 Å². The van der Waals surface area contributed by atoms with Gasteiger partial charge >= 0.3 is 5.97 Å². The van der Waals surface area contributed by atoms with Gasteiger partial charge in [0, 0.05) is 0 Å². The molecule has 0 aromatic heterocycles. The molecule has 0 atom stereocenters. The first-order valence-electron chi connectivity index (χ1n) is 6.10. The van der Waals surface area contributed by atoms with Crippen LogP contribution >= 0.6 is 0 Å². The number of carboxylic acid groups (broad SMARTS) is 1. The van der Waals surface area contributed by atoms with Gasteiger partial charge in [0.05, 0.1) is 12.1 Å². The highest BCUT2D eigenvalue weighted by Crippen LogP contribution is 2.27. The van der Waals surface area contributed by atoms with Gasteiger partial charge in [-0.05, 0) is 29.8 Å². The number of carboxylic acids is 1. The van der Waals surface area contributed by atoms with Crippen molar-refractivity contribution in [3.8, 4) is 11.5 Å². The summed E-state index contributed by atoms with van der Waals surface area (Å²) < 4.78 is 0. The number of carbonyl (C=O) groups is 2. The van der Waals surface area contributed by atoms with Crippen molar-refractivity contribution in [1.29, 1.82) is 0 Å². The van der Waals surface area contributed by atoms with E-state index in [2.05, 4.69) is 5.32 Å². The molecule has 1 amide bonds. The zero-order valence-corrected chi connectivity index (χ0v) is 10.9. The third kappa shape index (κ3) is 3.50. The summed E-state index contributed by atoms with van der Waals surface area (Å²) in [6.07, 6.45) is -0.00879. The summed E-state index contributed by atoms with van der Waals surface area (Å²) in [6, 6.07) is 10.3. The Bertz CT molecular complexity index is 696. The van der Waals surface area contributed by atoms with Gasteiger partial charge in [-0.1, -0.05) is 18.2 Å². The van der Waals surface area contributed by atoms with Gasteiger partial charge < -0.3 is 20.6 Å². The maximum Gasteiger partial charge on any atom is 0.339 e. The van der Waals surface area contributed by atoms with Crippen LogP contribution in [0.1, 0.15) is 15.9 Å². The van der Waals surface area contributed by atoms with Gasteiger partial charge in [0.2, 0.25) is 5.91 Å². The van der Waals surface area contributed by atoms with Gasteiger partial charge in [0.1, 0.15) is 11.3 Å². The Morgan fingerprint density at radius 1 is 1.05 bits per heavy atom. The number of hydrogen-bond donors (Lipinski definition) is 4. The average molecular weight is 287 g/mol. The molecule has 0 saturated carbocycles. The molecular formula is C15H13NO5. The second kappa shape index (κ2) is 5.96. The van der Waals surface area contributed by atoms with Crippen LogP contribution in [0.15, 0.2) is 42.5 Å². The molecule has 0 radical (unpaired) electrons. The highest BCUT2D eigenvalue weighted by Gasteiger charge is 2.14. The lowest BCUT2D eigenvalue weighted by Crippen LogP contribution is -2.15. The largest absolute Gasteiger partial charge is 0.508 e. The molecule has 0 fully saturated rings. The second-order valence-corrected chi connectivity index (χ2v) is 4.40. The van der Waals surface area contributed by atoms with Crippen LogP contribution in [0.2, 0.25) is 0 Å². The summed E-state index contributed by atoms with van der Waals surface area (Å²) in [6.45, 7) is 0. The molecule has 21 heavy (non-hydrogen) atoms. The van der Waals surface area contributed by atoms with Crippen LogP contribution in [0.25, 0.3) is 0 Å². The molecule has 0 aliphatic heterocycles. The zero-order chi connectivity index (χ0) is 15.4. The number of hydrogen-bond acceptors (Lipinski definition) is 4. The second-order valence-electron chi connectivity index (χ2n) is 4.40. The van der Waals surface area contributed by atoms with Crippen LogP contribution < -0.4 is 5.32 Å². The molecule has 0 heterocycles. The van der Waals surface area contributed by atoms with Crippen molar-refractivity contribution in [2.24, 2.45) is 0 Å². The van der Waals surface area contributed by atoms with Gasteiger partial charge in [-0.15, -0.1) is 0 Å². The topological polar surface area (TPSA) is 107 Å². The van der Waals surface area contributed by atoms with Crippen molar-refractivity contribution in [3.05, 3.63) is 53.6 Å². The Morgan fingerprint density at radius 2 is 1.76 bits per heavy atom. The molecule has 0 bridgehead atoms. The van der Waals surface area contributed by atoms with E-state index in [0.717, 1.165) is 0 Å². The molecule has 2 rings (SSSR count). The summed E-state index contributed by atoms with van der Waals surface area (Å²) in [5, 5.41) is 30.4. The van der Waals surface area contributed by atoms with Gasteiger partial charge in [0.25, 0.3) is 0 Å². The smallest absolute Gasteiger partial charge is 0.339 e. The number of aromatic carboxylic acids is 1. The van der Waals surface area contributed by atoms with Gasteiger partial charge in [0.15, 0.2) is 5.75 Å². The predicted octanol–water partition coefficient (Wildman–Crippen LogP) is 1.98. The highest BCUT2D eigenvalue weighted by atomic mass is 16.4. The van der Waals surface area contributed by atoms with Crippen LogP contribution in [-0.2, 0) is 11.2 Å². The van der Waals surface area contributed by atoms with Gasteiger partial charge in [-0.25, -0.2) is 4.79 Å². The van der Waals surface area contributed by atoms with Crippen molar-refractivity contribution < 1.29 is 24.9 Å². The van der Waals surface area contributed by atoms with Crippen LogP contribution in [-0.4, -0.2) is 27.2 Å². The average Bonchev–Trinajstić information content (AvgIpc) is 2.40. The minimum absolute atomic E-state index is 0.00879. The van der Waals surface area contributed by atoms with E-state index in [1.807, 2.05) is 0 Å². The normalized spacial score (nSPS) is 10.1. The molecule has 0 unspecified atom stereocenters. The van der Waals surface area contributed by atoms with E-state index in [1.165, 1.54) is 30.3 Å². The van der Waals surface area contributed by atoms with Crippen LogP contribution in [0, 0.1) is 0 Å². The summed E-state index contributed by atoms with van der Waals surface area (Å²) >= 11 is 0. The Hall–Kier alpha value is -3.02. The Kier molecular flexibility index (Phi) is 4.08. The standard InChI is InChI=1S/C15H13NO5/c17-10-4-1-3-9(7-10)8-13(18)16-12-6-2-5-11(14(12)19)15(20)21/h1-7,17,19H,8H2,(H,16,18)(H,20,21). The van der Waals surface area contributed by atoms with Crippen molar-refractivity contribution >= 4 is 17.6 Å². The first-order chi connectivity index (χ1) is 9.97. The van der Waals surface area contributed by atoms with Crippen molar-refractivity contribution in [3.63, 3.8) is 0 Å². The van der Waals surface area contributed by atoms with E-state index in [1.54, 1.807) is 12.1 Å². The molecule has 6 heteroatoms. The highest BCUT2D eigenvalue weighted by molar-refractivity contribution is 5.98. The first-order valence-corrected chi connectivity index (χ1v) is 6.10. The molecule has 0 spiro atoms. The first kappa shape index (κ1) is 14.4. The number of aromatic hydroxyl groups is 2. The number of rotatable bonds is 4. The fourth-order valence-corrected chi connectivity index (χ4v) is 1.86. The number of phenolic OH excluding ortho intramolecular Hbond substituents is 1. The van der Waals surface area contributed by atoms with Gasteiger partial charge in [-0.3, -0.25) is 4.79 Å². The van der Waals surface area contributed by atoms with E-state index in [4.69, 9.17) is 5.11 Å². The molecule has 108 valence electrons. The Balaban J connectivity index is 2.13. The maximum absolute atomic E-state index is 11.9. The third-order valence-electron chi connectivity index (χ3n) is 2.82. The number of para-hydroxylation sites is 1. The number of phenols is 2. The van der Waals surface area contributed by atoms with Crippen LogP contribution in [0.4, 0.5) is 5.69 Å². The van der Waals surface area contributed by atoms with E-state index in [-0.39, 0.29) is 23.4 Å². The molecule has 6 nitrogen and oxygen atoms in total. The molecule has 0 aliphatic carbocycles. The summed E-state index contributed by atoms with van der Waals surface area (Å²) in [7, 11) is 0. The van der Waals surface area contributed by atoms with Gasteiger partial charge in [-0.2, -0.15) is 0 Å². The van der Waals surface area contributed by atoms with E-state index >= 15 is 0 Å². The number of benzene rings is 2. The van der Waals surface area contributed by atoms with Crippen LogP contribution in [0.3, 0.4) is 0 Å². The molecule has 0 saturated heterocycles. The molecule has 2 aromatic carbocycles. The number of nitrogens with one attached hydrogen (secondary N) is 1. The summed E-state index contributed by atoms with van der Waals surface area (Å²) in [4.78, 5) is 22.8. The Labute approximate surface area is 120 Å². The molecular weight excluding hydrogens is 274 g/mol. The van der Waals surface area contributed by atoms with Crippen molar-refractivity contribution in [2.45, 2.75) is 6.42 Å². The monoisotopic (exact) mass is 287 g/mol. The third-order valence-corrected chi connectivity index (χ3v) is 2.82. The molecule has 0 aliphatic rings. The lowest BCUT2D eigenvalue weighted by Gasteiger charge is -2.09. The number of carbonyl (C=O) groups excluding carboxylic acids is 1. The minimum Gasteiger partial charge on any atom is -0.508 e. The maximum atomic E-state index is 11.9. The number of amides is 1. The number of anilines is 1.